The predicted octanol–water partition coefficient (Wildman–Crippen LogP) is 2.07. The van der Waals surface area contributed by atoms with Gasteiger partial charge in [0.05, 0.1) is 11.6 Å². The molecule has 1 aromatic rings. The van der Waals surface area contributed by atoms with Gasteiger partial charge in [0.25, 0.3) is 0 Å². The normalized spacial score (nSPS) is 9.08. The number of ketones is 1. The van der Waals surface area contributed by atoms with Crippen LogP contribution in [0.25, 0.3) is 0 Å². The summed E-state index contributed by atoms with van der Waals surface area (Å²) < 4.78 is 0. The molecule has 2 heteroatoms. The third kappa shape index (κ3) is 1.35. The zero-order chi connectivity index (χ0) is 9.14. The molecule has 0 spiro atoms. The molecule has 2 nitrogen and oxygen atoms in total. The molecule has 12 heavy (non-hydrogen) atoms. The van der Waals surface area contributed by atoms with E-state index in [0.29, 0.717) is 11.1 Å². The number of benzene rings is 1. The van der Waals surface area contributed by atoms with E-state index < -0.39 is 0 Å². The van der Waals surface area contributed by atoms with Crippen LogP contribution in [0.15, 0.2) is 18.2 Å². The van der Waals surface area contributed by atoms with Gasteiger partial charge in [0.2, 0.25) is 0 Å². The maximum absolute atomic E-state index is 11.1. The Labute approximate surface area is 71.4 Å². The summed E-state index contributed by atoms with van der Waals surface area (Å²) in [5.41, 5.74) is 1.86. The van der Waals surface area contributed by atoms with Gasteiger partial charge in [-0.05, 0) is 25.5 Å². The Bertz CT molecular complexity index is 361. The van der Waals surface area contributed by atoms with Crippen molar-refractivity contribution in [2.75, 3.05) is 0 Å². The lowest BCUT2D eigenvalue weighted by atomic mass is 10.00. The number of nitriles is 1. The quantitative estimate of drug-likeness (QED) is 0.588. The van der Waals surface area contributed by atoms with Gasteiger partial charge in [-0.15, -0.1) is 0 Å². The molecule has 0 radical (unpaired) electrons. The summed E-state index contributed by atoms with van der Waals surface area (Å²) in [7, 11) is 0. The Morgan fingerprint density at radius 1 is 1.50 bits per heavy atom. The van der Waals surface area contributed by atoms with Crippen LogP contribution in [0.4, 0.5) is 0 Å². The van der Waals surface area contributed by atoms with Gasteiger partial charge >= 0.3 is 0 Å². The lowest BCUT2D eigenvalue weighted by Crippen LogP contribution is -1.99. The van der Waals surface area contributed by atoms with E-state index >= 15 is 0 Å². The summed E-state index contributed by atoms with van der Waals surface area (Å²) in [5, 5.41) is 8.69. The second kappa shape index (κ2) is 3.19. The van der Waals surface area contributed by atoms with Crippen LogP contribution >= 0.6 is 0 Å². The second-order valence-corrected chi connectivity index (χ2v) is 2.67. The van der Waals surface area contributed by atoms with Crippen molar-refractivity contribution in [1.29, 1.82) is 5.26 Å². The summed E-state index contributed by atoms with van der Waals surface area (Å²) in [5.74, 6) is -0.0512. The Kier molecular flexibility index (Phi) is 2.25. The van der Waals surface area contributed by atoms with E-state index in [0.717, 1.165) is 5.56 Å². The van der Waals surface area contributed by atoms with Crippen LogP contribution in [0.5, 0.6) is 0 Å². The molecule has 0 amide bonds. The summed E-state index contributed by atoms with van der Waals surface area (Å²) >= 11 is 0. The molecule has 0 aliphatic heterocycles. The molecule has 0 bridgehead atoms. The number of rotatable bonds is 1. The lowest BCUT2D eigenvalue weighted by molar-refractivity contribution is 0.101. The predicted molar refractivity (Wildman–Crippen MR) is 45.9 cm³/mol. The van der Waals surface area contributed by atoms with E-state index in [-0.39, 0.29) is 5.78 Å². The second-order valence-electron chi connectivity index (χ2n) is 2.67. The van der Waals surface area contributed by atoms with E-state index in [2.05, 4.69) is 0 Å². The van der Waals surface area contributed by atoms with Crippen molar-refractivity contribution < 1.29 is 4.79 Å². The molecule has 1 rings (SSSR count). The highest BCUT2D eigenvalue weighted by atomic mass is 16.1. The van der Waals surface area contributed by atoms with Crippen molar-refractivity contribution in [3.8, 4) is 6.07 Å². The average molecular weight is 159 g/mol. The molecule has 0 N–H and O–H groups in total. The molecule has 1 aromatic carbocycles. The third-order valence-electron chi connectivity index (χ3n) is 1.75. The van der Waals surface area contributed by atoms with Crippen LogP contribution in [-0.4, -0.2) is 5.78 Å². The number of Topliss-reactive ketones (excluding diaryl/α,β-unsaturated/α-hetero) is 1. The van der Waals surface area contributed by atoms with Crippen LogP contribution < -0.4 is 0 Å². The molecular weight excluding hydrogens is 150 g/mol. The van der Waals surface area contributed by atoms with Crippen molar-refractivity contribution in [2.24, 2.45) is 0 Å². The van der Waals surface area contributed by atoms with Gasteiger partial charge in [0.15, 0.2) is 5.78 Å². The Morgan fingerprint density at radius 2 is 2.17 bits per heavy atom. The fourth-order valence-corrected chi connectivity index (χ4v) is 1.23. The molecule has 0 saturated heterocycles. The smallest absolute Gasteiger partial charge is 0.161 e. The Balaban J connectivity index is 3.42. The summed E-state index contributed by atoms with van der Waals surface area (Å²) in [6, 6.07) is 7.26. The number of carbonyl (C=O) groups is 1. The molecule has 0 aliphatic carbocycles. The maximum Gasteiger partial charge on any atom is 0.161 e. The van der Waals surface area contributed by atoms with Gasteiger partial charge in [-0.1, -0.05) is 12.1 Å². The number of hydrogen-bond donors (Lipinski definition) is 0. The zero-order valence-electron chi connectivity index (χ0n) is 7.09. The largest absolute Gasteiger partial charge is 0.294 e. The first-order valence-electron chi connectivity index (χ1n) is 3.67. The first-order valence-corrected chi connectivity index (χ1v) is 3.67. The van der Waals surface area contributed by atoms with Gasteiger partial charge in [-0.2, -0.15) is 5.26 Å². The van der Waals surface area contributed by atoms with Gasteiger partial charge in [-0.3, -0.25) is 4.79 Å². The fourth-order valence-electron chi connectivity index (χ4n) is 1.23. The standard InChI is InChI=1S/C10H9NO/c1-7-4-3-5-9(6-11)10(7)8(2)12/h3-5H,1-2H3. The highest BCUT2D eigenvalue weighted by Crippen LogP contribution is 2.13. The average Bonchev–Trinajstić information content (AvgIpc) is 2.03. The molecule has 0 aromatic heterocycles. The minimum atomic E-state index is -0.0512. The van der Waals surface area contributed by atoms with Gasteiger partial charge in [-0.25, -0.2) is 0 Å². The number of carbonyl (C=O) groups excluding carboxylic acids is 1. The van der Waals surface area contributed by atoms with Gasteiger partial charge in [0, 0.05) is 5.56 Å². The van der Waals surface area contributed by atoms with Crippen LogP contribution in [0.1, 0.15) is 28.4 Å². The minimum absolute atomic E-state index is 0.0512. The summed E-state index contributed by atoms with van der Waals surface area (Å²) in [6.07, 6.45) is 0. The first kappa shape index (κ1) is 8.48. The molecule has 0 saturated carbocycles. The number of hydrogen-bond acceptors (Lipinski definition) is 2. The van der Waals surface area contributed by atoms with Crippen molar-refractivity contribution in [1.82, 2.24) is 0 Å². The Hall–Kier alpha value is -1.62. The minimum Gasteiger partial charge on any atom is -0.294 e. The van der Waals surface area contributed by atoms with Crippen LogP contribution in [0, 0.1) is 18.3 Å². The summed E-state index contributed by atoms with van der Waals surface area (Å²) in [6.45, 7) is 3.31. The monoisotopic (exact) mass is 159 g/mol. The molecule has 0 heterocycles. The maximum atomic E-state index is 11.1. The topological polar surface area (TPSA) is 40.9 Å². The van der Waals surface area contributed by atoms with Crippen molar-refractivity contribution >= 4 is 5.78 Å². The van der Waals surface area contributed by atoms with E-state index in [9.17, 15) is 4.79 Å². The molecule has 0 fully saturated rings. The van der Waals surface area contributed by atoms with E-state index in [4.69, 9.17) is 5.26 Å². The first-order chi connectivity index (χ1) is 5.66. The number of nitrogens with zero attached hydrogens (tertiary/aromatic N) is 1. The number of aryl methyl sites for hydroxylation is 1. The van der Waals surface area contributed by atoms with E-state index in [1.165, 1.54) is 6.92 Å². The highest BCUT2D eigenvalue weighted by molar-refractivity contribution is 5.97. The summed E-state index contributed by atoms with van der Waals surface area (Å²) in [4.78, 5) is 11.1. The fraction of sp³-hybridized carbons (Fsp3) is 0.200. The van der Waals surface area contributed by atoms with Crippen LogP contribution in [0.2, 0.25) is 0 Å². The van der Waals surface area contributed by atoms with Crippen molar-refractivity contribution in [3.63, 3.8) is 0 Å². The van der Waals surface area contributed by atoms with E-state index in [1.54, 1.807) is 12.1 Å². The SMILES string of the molecule is CC(=O)c1c(C)cccc1C#N. The van der Waals surface area contributed by atoms with Crippen LogP contribution in [0.3, 0.4) is 0 Å². The van der Waals surface area contributed by atoms with Crippen LogP contribution in [-0.2, 0) is 0 Å². The Morgan fingerprint density at radius 3 is 2.58 bits per heavy atom. The molecule has 0 aliphatic rings. The van der Waals surface area contributed by atoms with Crippen molar-refractivity contribution in [3.05, 3.63) is 34.9 Å². The lowest BCUT2D eigenvalue weighted by Gasteiger charge is -2.02. The van der Waals surface area contributed by atoms with Crippen molar-refractivity contribution in [2.45, 2.75) is 13.8 Å². The molecule has 60 valence electrons. The zero-order valence-corrected chi connectivity index (χ0v) is 7.09. The third-order valence-corrected chi connectivity index (χ3v) is 1.75. The van der Waals surface area contributed by atoms with Gasteiger partial charge in [0.1, 0.15) is 0 Å². The highest BCUT2D eigenvalue weighted by Gasteiger charge is 2.08. The molecule has 0 atom stereocenters. The van der Waals surface area contributed by atoms with Gasteiger partial charge < -0.3 is 0 Å². The molecular formula is C10H9NO. The van der Waals surface area contributed by atoms with E-state index in [1.807, 2.05) is 19.1 Å². The molecule has 0 unspecified atom stereocenters.